The largest absolute Gasteiger partial charge is 0.619 e. The van der Waals surface area contributed by atoms with Gasteiger partial charge in [0.2, 0.25) is 0 Å². The molecule has 8 heteroatoms. The second kappa shape index (κ2) is 3.28. The van der Waals surface area contributed by atoms with Gasteiger partial charge < -0.3 is 5.21 Å². The number of alkyl halides is 6. The van der Waals surface area contributed by atoms with Gasteiger partial charge in [0.1, 0.15) is 11.1 Å². The molecule has 1 aromatic heterocycles. The summed E-state index contributed by atoms with van der Waals surface area (Å²) >= 11 is 0. The molecule has 2 nitrogen and oxygen atoms in total. The second-order valence-corrected chi connectivity index (χ2v) is 2.67. The summed E-state index contributed by atoms with van der Waals surface area (Å²) in [5, 5.41) is 10.5. The normalized spacial score (nSPS) is 12.9. The first-order valence-electron chi connectivity index (χ1n) is 3.49. The van der Waals surface area contributed by atoms with Crippen LogP contribution in [0.1, 0.15) is 11.1 Å². The second-order valence-electron chi connectivity index (χ2n) is 2.67. The van der Waals surface area contributed by atoms with Crippen LogP contribution in [0, 0.1) is 5.21 Å². The SMILES string of the molecule is [O-][n+]1cc(C(F)(F)F)cc(C(F)(F)F)c1. The van der Waals surface area contributed by atoms with Crippen LogP contribution in [-0.4, -0.2) is 0 Å². The highest BCUT2D eigenvalue weighted by Gasteiger charge is 2.39. The fourth-order valence-electron chi connectivity index (χ4n) is 0.864. The molecular weight excluding hydrogens is 228 g/mol. The van der Waals surface area contributed by atoms with E-state index in [1.165, 1.54) is 0 Å². The Morgan fingerprint density at radius 2 is 1.20 bits per heavy atom. The van der Waals surface area contributed by atoms with Gasteiger partial charge in [0.05, 0.1) is 0 Å². The summed E-state index contributed by atoms with van der Waals surface area (Å²) in [6.45, 7) is 0. The van der Waals surface area contributed by atoms with Crippen molar-refractivity contribution in [1.29, 1.82) is 0 Å². The van der Waals surface area contributed by atoms with Crippen molar-refractivity contribution < 1.29 is 31.1 Å². The molecule has 0 atom stereocenters. The lowest BCUT2D eigenvalue weighted by atomic mass is 10.2. The van der Waals surface area contributed by atoms with E-state index in [1.807, 2.05) is 0 Å². The first kappa shape index (κ1) is 11.6. The molecule has 0 unspecified atom stereocenters. The lowest BCUT2D eigenvalue weighted by molar-refractivity contribution is -0.607. The van der Waals surface area contributed by atoms with E-state index in [0.717, 1.165) is 0 Å². The van der Waals surface area contributed by atoms with E-state index in [0.29, 0.717) is 0 Å². The fourth-order valence-corrected chi connectivity index (χ4v) is 0.864. The third-order valence-corrected chi connectivity index (χ3v) is 1.50. The van der Waals surface area contributed by atoms with E-state index in [-0.39, 0.29) is 18.5 Å². The Hall–Kier alpha value is -1.47. The maximum atomic E-state index is 12.0. The first-order chi connectivity index (χ1) is 6.60. The van der Waals surface area contributed by atoms with E-state index in [1.54, 1.807) is 0 Å². The van der Waals surface area contributed by atoms with Gasteiger partial charge in [0.25, 0.3) is 0 Å². The van der Waals surface area contributed by atoms with E-state index in [4.69, 9.17) is 0 Å². The minimum Gasteiger partial charge on any atom is -0.619 e. The molecule has 0 aromatic carbocycles. The summed E-state index contributed by atoms with van der Waals surface area (Å²) in [5.74, 6) is 0. The summed E-state index contributed by atoms with van der Waals surface area (Å²) in [6, 6.07) is -0.117. The van der Waals surface area contributed by atoms with Gasteiger partial charge in [-0.15, -0.1) is 0 Å². The van der Waals surface area contributed by atoms with Crippen molar-refractivity contribution >= 4 is 0 Å². The highest BCUT2D eigenvalue weighted by atomic mass is 19.4. The van der Waals surface area contributed by atoms with Crippen LogP contribution in [0.3, 0.4) is 0 Å². The van der Waals surface area contributed by atoms with Gasteiger partial charge >= 0.3 is 12.4 Å². The number of nitrogens with zero attached hydrogens (tertiary/aromatic N) is 1. The fraction of sp³-hybridized carbons (Fsp3) is 0.286. The molecule has 1 heterocycles. The molecule has 0 fully saturated rings. The molecule has 0 bridgehead atoms. The molecular formula is C7H3F6NO. The minimum absolute atomic E-state index is 0.0369. The average Bonchev–Trinajstić information content (AvgIpc) is 1.99. The molecule has 0 saturated heterocycles. The van der Waals surface area contributed by atoms with Gasteiger partial charge in [-0.3, -0.25) is 0 Å². The molecule has 15 heavy (non-hydrogen) atoms. The van der Waals surface area contributed by atoms with Crippen LogP contribution in [-0.2, 0) is 12.4 Å². The third-order valence-electron chi connectivity index (χ3n) is 1.50. The summed E-state index contributed by atoms with van der Waals surface area (Å²) in [7, 11) is 0. The predicted octanol–water partition coefficient (Wildman–Crippen LogP) is 2.36. The molecule has 0 aliphatic carbocycles. The van der Waals surface area contributed by atoms with Crippen LogP contribution in [0.25, 0.3) is 0 Å². The smallest absolute Gasteiger partial charge is 0.422 e. The average molecular weight is 231 g/mol. The lowest BCUT2D eigenvalue weighted by Gasteiger charge is -2.10. The molecule has 0 amide bonds. The van der Waals surface area contributed by atoms with Crippen LogP contribution in [0.15, 0.2) is 18.5 Å². The van der Waals surface area contributed by atoms with Crippen LogP contribution >= 0.6 is 0 Å². The maximum Gasteiger partial charge on any atom is 0.422 e. The molecule has 1 rings (SSSR count). The van der Waals surface area contributed by atoms with Gasteiger partial charge in [-0.2, -0.15) is 31.1 Å². The van der Waals surface area contributed by atoms with E-state index in [9.17, 15) is 31.5 Å². The number of halogens is 6. The topological polar surface area (TPSA) is 26.9 Å². The van der Waals surface area contributed by atoms with Gasteiger partial charge in [0.15, 0.2) is 12.4 Å². The Morgan fingerprint density at radius 1 is 0.867 bits per heavy atom. The third kappa shape index (κ3) is 2.74. The molecule has 0 aliphatic rings. The quantitative estimate of drug-likeness (QED) is 0.382. The standard InChI is InChI=1S/C7H3F6NO/c8-6(9,10)4-1-5(7(11,12)13)3-14(15)2-4/h1-3H. The van der Waals surface area contributed by atoms with Gasteiger partial charge in [-0.25, -0.2) is 0 Å². The molecule has 0 radical (unpaired) electrons. The lowest BCUT2D eigenvalue weighted by Crippen LogP contribution is -2.30. The molecule has 1 aromatic rings. The van der Waals surface area contributed by atoms with Crippen molar-refractivity contribution in [2.75, 3.05) is 0 Å². The zero-order valence-electron chi connectivity index (χ0n) is 6.86. The van der Waals surface area contributed by atoms with Crippen molar-refractivity contribution in [3.63, 3.8) is 0 Å². The predicted molar refractivity (Wildman–Crippen MR) is 35.4 cm³/mol. The van der Waals surface area contributed by atoms with Crippen molar-refractivity contribution in [3.05, 3.63) is 34.8 Å². The van der Waals surface area contributed by atoms with Crippen molar-refractivity contribution in [1.82, 2.24) is 0 Å². The maximum absolute atomic E-state index is 12.0. The summed E-state index contributed by atoms with van der Waals surface area (Å²) in [4.78, 5) is 0. The number of pyridine rings is 1. The zero-order valence-corrected chi connectivity index (χ0v) is 6.86. The van der Waals surface area contributed by atoms with E-state index < -0.39 is 28.2 Å². The monoisotopic (exact) mass is 231 g/mol. The summed E-state index contributed by atoms with van der Waals surface area (Å²) in [6.07, 6.45) is -9.88. The van der Waals surface area contributed by atoms with Crippen LogP contribution in [0.4, 0.5) is 26.3 Å². The number of hydrogen-bond donors (Lipinski definition) is 0. The van der Waals surface area contributed by atoms with Gasteiger partial charge in [-0.05, 0) is 6.07 Å². The first-order valence-corrected chi connectivity index (χ1v) is 3.49. The molecule has 84 valence electrons. The minimum atomic E-state index is -4.98. The Kier molecular flexibility index (Phi) is 2.54. The Morgan fingerprint density at radius 3 is 1.47 bits per heavy atom. The molecule has 0 N–H and O–H groups in total. The highest BCUT2D eigenvalue weighted by Crippen LogP contribution is 2.33. The summed E-state index contributed by atoms with van der Waals surface area (Å²) in [5.41, 5.74) is -3.26. The highest BCUT2D eigenvalue weighted by molar-refractivity contribution is 5.20. The van der Waals surface area contributed by atoms with E-state index in [2.05, 4.69) is 0 Å². The van der Waals surface area contributed by atoms with Gasteiger partial charge in [0, 0.05) is 0 Å². The van der Waals surface area contributed by atoms with Crippen LogP contribution in [0.2, 0.25) is 0 Å². The van der Waals surface area contributed by atoms with Crippen molar-refractivity contribution in [2.24, 2.45) is 0 Å². The Balaban J connectivity index is 3.30. The molecule has 0 spiro atoms. The molecule has 0 aliphatic heterocycles. The Bertz CT molecular complexity index is 336. The van der Waals surface area contributed by atoms with Crippen molar-refractivity contribution in [2.45, 2.75) is 12.4 Å². The Labute approximate surface area is 79.3 Å². The summed E-state index contributed by atoms with van der Waals surface area (Å²) < 4.78 is 71.6. The zero-order chi connectivity index (χ0) is 11.9. The van der Waals surface area contributed by atoms with E-state index >= 15 is 0 Å². The van der Waals surface area contributed by atoms with Crippen LogP contribution in [0.5, 0.6) is 0 Å². The number of rotatable bonds is 0. The van der Waals surface area contributed by atoms with Gasteiger partial charge in [-0.1, -0.05) is 0 Å². The number of hydrogen-bond acceptors (Lipinski definition) is 1. The number of aromatic nitrogens is 1. The molecule has 0 saturated carbocycles. The van der Waals surface area contributed by atoms with Crippen molar-refractivity contribution in [3.8, 4) is 0 Å². The van der Waals surface area contributed by atoms with Crippen LogP contribution < -0.4 is 4.73 Å².